The van der Waals surface area contributed by atoms with Crippen LogP contribution in [0, 0.1) is 18.8 Å². The van der Waals surface area contributed by atoms with Crippen LogP contribution in [0.25, 0.3) is 0 Å². The summed E-state index contributed by atoms with van der Waals surface area (Å²) in [6, 6.07) is 8.40. The molecule has 1 aliphatic rings. The lowest BCUT2D eigenvalue weighted by molar-refractivity contribution is -0.134. The molecule has 0 N–H and O–H groups in total. The Bertz CT molecular complexity index is 910. The second-order valence-corrected chi connectivity index (χ2v) is 9.53. The van der Waals surface area contributed by atoms with Crippen LogP contribution in [-0.4, -0.2) is 11.7 Å². The van der Waals surface area contributed by atoms with E-state index in [2.05, 4.69) is 44.7 Å². The summed E-state index contributed by atoms with van der Waals surface area (Å²) < 4.78 is 5.35. The minimum atomic E-state index is -0.178. The molecule has 2 nitrogen and oxygen atoms in total. The third-order valence-corrected chi connectivity index (χ3v) is 7.60. The number of thiophene rings is 1. The molecule has 1 aromatic heterocycles. The number of carbonyl (C=O) groups excluding carboxylic acids is 1. The first-order chi connectivity index (χ1) is 13.5. The molecule has 148 valence electrons. The van der Waals surface area contributed by atoms with Crippen molar-refractivity contribution < 1.29 is 9.53 Å². The normalized spacial score (nSPS) is 14.7. The fourth-order valence-corrected chi connectivity index (χ4v) is 5.89. The van der Waals surface area contributed by atoms with E-state index in [1.54, 1.807) is 0 Å². The molecule has 0 spiro atoms. The van der Waals surface area contributed by atoms with Crippen LogP contribution < -0.4 is 4.74 Å². The van der Waals surface area contributed by atoms with E-state index in [0.717, 1.165) is 16.9 Å². The summed E-state index contributed by atoms with van der Waals surface area (Å²) in [6.45, 7) is 8.73. The minimum Gasteiger partial charge on any atom is -0.415 e. The summed E-state index contributed by atoms with van der Waals surface area (Å²) in [5, 5.41) is 0.622. The highest BCUT2D eigenvalue weighted by atomic mass is 32.2. The van der Waals surface area contributed by atoms with Crippen molar-refractivity contribution in [2.75, 3.05) is 5.75 Å². The Kier molecular flexibility index (Phi) is 6.91. The van der Waals surface area contributed by atoms with Gasteiger partial charge in [-0.3, -0.25) is 4.79 Å². The second-order valence-electron chi connectivity index (χ2n) is 7.34. The third-order valence-electron chi connectivity index (χ3n) is 5.66. The van der Waals surface area contributed by atoms with Gasteiger partial charge in [0.2, 0.25) is 0 Å². The third kappa shape index (κ3) is 4.47. The molecule has 1 aliphatic heterocycles. The van der Waals surface area contributed by atoms with Crippen LogP contribution >= 0.6 is 23.1 Å². The first kappa shape index (κ1) is 21.0. The average Bonchev–Trinajstić information content (AvgIpc) is 3.13. The molecule has 0 radical (unpaired) electrons. The van der Waals surface area contributed by atoms with E-state index >= 15 is 0 Å². The molecule has 0 unspecified atom stereocenters. The molecule has 0 amide bonds. The molecule has 2 aromatic rings. The maximum atomic E-state index is 11.6. The zero-order valence-electron chi connectivity index (χ0n) is 17.2. The summed E-state index contributed by atoms with van der Waals surface area (Å²) in [7, 11) is 0. The lowest BCUT2D eigenvalue weighted by atomic mass is 9.73. The number of hydrogen-bond acceptors (Lipinski definition) is 4. The van der Waals surface area contributed by atoms with Crippen molar-refractivity contribution in [2.45, 2.75) is 70.1 Å². The van der Waals surface area contributed by atoms with E-state index in [-0.39, 0.29) is 11.4 Å². The van der Waals surface area contributed by atoms with Gasteiger partial charge in [-0.2, -0.15) is 0 Å². The largest absolute Gasteiger partial charge is 0.415 e. The van der Waals surface area contributed by atoms with Crippen molar-refractivity contribution in [1.82, 2.24) is 0 Å². The number of carbonyl (C=O) groups is 1. The molecule has 2 heterocycles. The summed E-state index contributed by atoms with van der Waals surface area (Å²) in [4.78, 5) is 14.0. The van der Waals surface area contributed by atoms with E-state index in [0.29, 0.717) is 11.5 Å². The van der Waals surface area contributed by atoms with E-state index in [9.17, 15) is 4.79 Å². The maximum absolute atomic E-state index is 11.6. The minimum absolute atomic E-state index is 0.178. The SMILES string of the molecule is CCCC(=O)Oc1ccc(C#Cc2cc3c(cc2C)SCCC3(CC)CC)s1. The van der Waals surface area contributed by atoms with Gasteiger partial charge in [-0.15, -0.1) is 11.8 Å². The van der Waals surface area contributed by atoms with E-state index in [1.165, 1.54) is 52.4 Å². The number of aryl methyl sites for hydroxylation is 1. The lowest BCUT2D eigenvalue weighted by Crippen LogP contribution is -2.29. The summed E-state index contributed by atoms with van der Waals surface area (Å²) in [5.74, 6) is 7.66. The van der Waals surface area contributed by atoms with Gasteiger partial charge in [0.05, 0.1) is 4.88 Å². The van der Waals surface area contributed by atoms with Crippen molar-refractivity contribution in [2.24, 2.45) is 0 Å². The molecule has 0 saturated carbocycles. The predicted octanol–water partition coefficient (Wildman–Crippen LogP) is 6.72. The van der Waals surface area contributed by atoms with Crippen LogP contribution in [0.5, 0.6) is 5.06 Å². The molecule has 1 aromatic carbocycles. The topological polar surface area (TPSA) is 26.3 Å². The number of rotatable bonds is 5. The van der Waals surface area contributed by atoms with Crippen molar-refractivity contribution in [3.8, 4) is 16.9 Å². The monoisotopic (exact) mass is 412 g/mol. The first-order valence-corrected chi connectivity index (χ1v) is 11.9. The van der Waals surface area contributed by atoms with Crippen LogP contribution in [0.2, 0.25) is 0 Å². The summed E-state index contributed by atoms with van der Waals surface area (Å²) >= 11 is 3.41. The molecule has 0 saturated heterocycles. The van der Waals surface area contributed by atoms with Gasteiger partial charge in [0.1, 0.15) is 0 Å². The Labute approximate surface area is 177 Å². The Hall–Kier alpha value is -1.70. The molecule has 3 rings (SSSR count). The van der Waals surface area contributed by atoms with Crippen molar-refractivity contribution in [3.63, 3.8) is 0 Å². The number of fused-ring (bicyclic) bond motifs is 1. The number of thioether (sulfide) groups is 1. The van der Waals surface area contributed by atoms with Gasteiger partial charge in [0.15, 0.2) is 5.06 Å². The average molecular weight is 413 g/mol. The zero-order chi connectivity index (χ0) is 20.1. The molecule has 0 fully saturated rings. The van der Waals surface area contributed by atoms with Crippen molar-refractivity contribution in [1.29, 1.82) is 0 Å². The van der Waals surface area contributed by atoms with Crippen molar-refractivity contribution in [3.05, 3.63) is 45.8 Å². The molecule has 0 bridgehead atoms. The lowest BCUT2D eigenvalue weighted by Gasteiger charge is -2.38. The highest BCUT2D eigenvalue weighted by molar-refractivity contribution is 7.99. The quantitative estimate of drug-likeness (QED) is 0.403. The van der Waals surface area contributed by atoms with Gasteiger partial charge in [-0.1, -0.05) is 43.9 Å². The highest BCUT2D eigenvalue weighted by Gasteiger charge is 2.34. The molecule has 28 heavy (non-hydrogen) atoms. The van der Waals surface area contributed by atoms with Crippen LogP contribution in [0.4, 0.5) is 0 Å². The predicted molar refractivity (Wildman–Crippen MR) is 120 cm³/mol. The Morgan fingerprint density at radius 1 is 1.18 bits per heavy atom. The number of hydrogen-bond donors (Lipinski definition) is 0. The van der Waals surface area contributed by atoms with Gasteiger partial charge in [0.25, 0.3) is 0 Å². The molecule has 0 aliphatic carbocycles. The van der Waals surface area contributed by atoms with Crippen molar-refractivity contribution >= 4 is 29.1 Å². The molecular formula is C24H28O2S2. The fraction of sp³-hybridized carbons (Fsp3) is 0.458. The number of ether oxygens (including phenoxy) is 1. The van der Waals surface area contributed by atoms with Crippen LogP contribution in [0.15, 0.2) is 29.2 Å². The summed E-state index contributed by atoms with van der Waals surface area (Å²) in [6.07, 6.45) is 4.82. The van der Waals surface area contributed by atoms with E-state index < -0.39 is 0 Å². The smallest absolute Gasteiger partial charge is 0.311 e. The van der Waals surface area contributed by atoms with Crippen LogP contribution in [0.3, 0.4) is 0 Å². The second kappa shape index (κ2) is 9.20. The van der Waals surface area contributed by atoms with Gasteiger partial charge in [-0.25, -0.2) is 0 Å². The standard InChI is InChI=1S/C24H28O2S2/c1-5-8-22(25)26-23-12-11-19(28-23)10-9-18-16-20-21(15-17(18)4)27-14-13-24(20,6-2)7-3/h11-12,15-16H,5-8,13-14H2,1-4H3. The van der Waals surface area contributed by atoms with Gasteiger partial charge >= 0.3 is 5.97 Å². The van der Waals surface area contributed by atoms with E-state index in [4.69, 9.17) is 4.74 Å². The zero-order valence-corrected chi connectivity index (χ0v) is 18.8. The van der Waals surface area contributed by atoms with Crippen LogP contribution in [0.1, 0.15) is 74.4 Å². The highest BCUT2D eigenvalue weighted by Crippen LogP contribution is 2.46. The molecule has 4 heteroatoms. The first-order valence-electron chi connectivity index (χ1n) is 10.1. The maximum Gasteiger partial charge on any atom is 0.311 e. The molecule has 0 atom stereocenters. The molecular weight excluding hydrogens is 384 g/mol. The Morgan fingerprint density at radius 3 is 2.68 bits per heavy atom. The van der Waals surface area contributed by atoms with Gasteiger partial charge < -0.3 is 4.74 Å². The van der Waals surface area contributed by atoms with Gasteiger partial charge in [0, 0.05) is 16.9 Å². The van der Waals surface area contributed by atoms with E-state index in [1.807, 2.05) is 30.8 Å². The summed E-state index contributed by atoms with van der Waals surface area (Å²) in [5.41, 5.74) is 4.09. The number of benzene rings is 1. The Morgan fingerprint density at radius 2 is 1.96 bits per heavy atom. The number of esters is 1. The van der Waals surface area contributed by atoms with Gasteiger partial charge in [-0.05, 0) is 79.2 Å². The van der Waals surface area contributed by atoms with Crippen LogP contribution in [-0.2, 0) is 10.2 Å². The fourth-order valence-electron chi connectivity index (χ4n) is 3.76. The Balaban J connectivity index is 1.87.